The molecular formula is C16H20N4O3S. The van der Waals surface area contributed by atoms with Crippen LogP contribution in [0.1, 0.15) is 23.0 Å². The number of hydrogen-bond acceptors (Lipinski definition) is 5. The maximum atomic E-state index is 12.1. The highest BCUT2D eigenvalue weighted by Crippen LogP contribution is 2.24. The Kier molecular flexibility index (Phi) is 5.75. The summed E-state index contributed by atoms with van der Waals surface area (Å²) in [6, 6.07) is 7.40. The van der Waals surface area contributed by atoms with Gasteiger partial charge in [0.15, 0.2) is 5.11 Å². The molecule has 0 atom stereocenters. The van der Waals surface area contributed by atoms with E-state index < -0.39 is 5.97 Å². The van der Waals surface area contributed by atoms with Crippen molar-refractivity contribution in [1.82, 2.24) is 9.78 Å². The Hall–Kier alpha value is -2.61. The highest BCUT2D eigenvalue weighted by molar-refractivity contribution is 7.80. The number of aryl methyl sites for hydroxylation is 2. The van der Waals surface area contributed by atoms with Crippen molar-refractivity contribution in [3.05, 3.63) is 35.5 Å². The first kappa shape index (κ1) is 17.7. The van der Waals surface area contributed by atoms with E-state index in [1.165, 1.54) is 0 Å². The number of para-hydroxylation sites is 2. The van der Waals surface area contributed by atoms with Gasteiger partial charge in [-0.3, -0.25) is 4.68 Å². The fraction of sp³-hybridized carbons (Fsp3) is 0.312. The molecular weight excluding hydrogens is 328 g/mol. The van der Waals surface area contributed by atoms with Gasteiger partial charge in [-0.1, -0.05) is 12.1 Å². The zero-order valence-corrected chi connectivity index (χ0v) is 14.9. The van der Waals surface area contributed by atoms with Gasteiger partial charge in [0.2, 0.25) is 0 Å². The first-order valence-electron chi connectivity index (χ1n) is 7.39. The van der Waals surface area contributed by atoms with Crippen LogP contribution in [-0.4, -0.2) is 34.6 Å². The van der Waals surface area contributed by atoms with E-state index >= 15 is 0 Å². The Morgan fingerprint density at radius 2 is 2.04 bits per heavy atom. The third kappa shape index (κ3) is 3.83. The molecule has 0 fully saturated rings. The van der Waals surface area contributed by atoms with Crippen molar-refractivity contribution in [2.24, 2.45) is 7.05 Å². The fourth-order valence-electron chi connectivity index (χ4n) is 2.26. The number of esters is 1. The van der Waals surface area contributed by atoms with E-state index in [0.29, 0.717) is 33.6 Å². The van der Waals surface area contributed by atoms with Crippen LogP contribution in [0, 0.1) is 6.92 Å². The van der Waals surface area contributed by atoms with Crippen LogP contribution in [0.4, 0.5) is 11.5 Å². The lowest BCUT2D eigenvalue weighted by Gasteiger charge is -2.14. The number of ether oxygens (including phenoxy) is 2. The summed E-state index contributed by atoms with van der Waals surface area (Å²) < 4.78 is 11.9. The molecule has 8 heteroatoms. The minimum Gasteiger partial charge on any atom is -0.495 e. The van der Waals surface area contributed by atoms with Crippen LogP contribution in [-0.2, 0) is 11.8 Å². The van der Waals surface area contributed by atoms with Gasteiger partial charge in [-0.05, 0) is 38.2 Å². The van der Waals surface area contributed by atoms with Gasteiger partial charge in [-0.25, -0.2) is 4.79 Å². The van der Waals surface area contributed by atoms with Gasteiger partial charge in [0.25, 0.3) is 0 Å². The molecule has 2 aromatic rings. The first-order valence-corrected chi connectivity index (χ1v) is 7.80. The average molecular weight is 348 g/mol. The minimum atomic E-state index is -0.439. The van der Waals surface area contributed by atoms with E-state index in [1.54, 1.807) is 32.7 Å². The number of benzene rings is 1. The van der Waals surface area contributed by atoms with Crippen molar-refractivity contribution in [3.8, 4) is 5.75 Å². The van der Waals surface area contributed by atoms with Crippen LogP contribution in [0.5, 0.6) is 5.75 Å². The summed E-state index contributed by atoms with van der Waals surface area (Å²) in [5, 5.41) is 10.6. The minimum absolute atomic E-state index is 0.288. The summed E-state index contributed by atoms with van der Waals surface area (Å²) in [7, 11) is 3.31. The van der Waals surface area contributed by atoms with E-state index in [9.17, 15) is 4.79 Å². The molecule has 0 spiro atoms. The Morgan fingerprint density at radius 1 is 1.33 bits per heavy atom. The second kappa shape index (κ2) is 7.78. The summed E-state index contributed by atoms with van der Waals surface area (Å²) in [5.74, 6) is 0.692. The van der Waals surface area contributed by atoms with Crippen molar-refractivity contribution in [1.29, 1.82) is 0 Å². The SMILES string of the molecule is CCOC(=O)c1c(C)nn(C)c1NC(=S)Nc1ccccc1OC. The van der Waals surface area contributed by atoms with Gasteiger partial charge >= 0.3 is 5.97 Å². The van der Waals surface area contributed by atoms with E-state index in [0.717, 1.165) is 0 Å². The normalized spacial score (nSPS) is 10.2. The molecule has 0 amide bonds. The number of methoxy groups -OCH3 is 1. The maximum absolute atomic E-state index is 12.1. The van der Waals surface area contributed by atoms with Gasteiger partial charge in [0, 0.05) is 7.05 Å². The quantitative estimate of drug-likeness (QED) is 0.635. The standard InChI is InChI=1S/C16H20N4O3S/c1-5-23-15(21)13-10(2)19-20(3)14(13)18-16(24)17-11-8-6-7-9-12(11)22-4/h6-9H,5H2,1-4H3,(H2,17,18,24). The molecule has 0 radical (unpaired) electrons. The molecule has 0 saturated carbocycles. The molecule has 0 aliphatic heterocycles. The first-order chi connectivity index (χ1) is 11.5. The van der Waals surface area contributed by atoms with Crippen LogP contribution in [0.2, 0.25) is 0 Å². The van der Waals surface area contributed by atoms with E-state index in [1.807, 2.05) is 24.3 Å². The average Bonchev–Trinajstić information content (AvgIpc) is 2.82. The van der Waals surface area contributed by atoms with Gasteiger partial charge in [0.05, 0.1) is 25.1 Å². The van der Waals surface area contributed by atoms with E-state index in [4.69, 9.17) is 21.7 Å². The molecule has 0 saturated heterocycles. The van der Waals surface area contributed by atoms with E-state index in [2.05, 4.69) is 15.7 Å². The fourth-order valence-corrected chi connectivity index (χ4v) is 2.46. The second-order valence-corrected chi connectivity index (χ2v) is 5.34. The Balaban J connectivity index is 2.21. The van der Waals surface area contributed by atoms with Crippen LogP contribution in [0.3, 0.4) is 0 Å². The summed E-state index contributed by atoms with van der Waals surface area (Å²) in [6.45, 7) is 3.79. The van der Waals surface area contributed by atoms with Crippen molar-refractivity contribution >= 4 is 34.8 Å². The van der Waals surface area contributed by atoms with Crippen molar-refractivity contribution in [3.63, 3.8) is 0 Å². The molecule has 0 unspecified atom stereocenters. The number of nitrogens with one attached hydrogen (secondary N) is 2. The van der Waals surface area contributed by atoms with Gasteiger partial charge in [0.1, 0.15) is 17.1 Å². The second-order valence-electron chi connectivity index (χ2n) is 4.93. The van der Waals surface area contributed by atoms with Crippen LogP contribution >= 0.6 is 12.2 Å². The molecule has 1 aromatic carbocycles. The Morgan fingerprint density at radius 3 is 2.71 bits per heavy atom. The monoisotopic (exact) mass is 348 g/mol. The number of carbonyl (C=O) groups excluding carboxylic acids is 1. The number of hydrogen-bond donors (Lipinski definition) is 2. The number of rotatable bonds is 5. The molecule has 7 nitrogen and oxygen atoms in total. The van der Waals surface area contributed by atoms with Crippen LogP contribution in [0.15, 0.2) is 24.3 Å². The molecule has 2 N–H and O–H groups in total. The van der Waals surface area contributed by atoms with Crippen molar-refractivity contribution in [2.45, 2.75) is 13.8 Å². The largest absolute Gasteiger partial charge is 0.495 e. The summed E-state index contributed by atoms with van der Waals surface area (Å²) in [5.41, 5.74) is 1.65. The van der Waals surface area contributed by atoms with Gasteiger partial charge in [-0.2, -0.15) is 5.10 Å². The van der Waals surface area contributed by atoms with E-state index in [-0.39, 0.29) is 6.61 Å². The predicted molar refractivity (Wildman–Crippen MR) is 96.7 cm³/mol. The predicted octanol–water partition coefficient (Wildman–Crippen LogP) is 2.72. The smallest absolute Gasteiger partial charge is 0.343 e. The lowest BCUT2D eigenvalue weighted by atomic mass is 10.2. The zero-order valence-electron chi connectivity index (χ0n) is 14.0. The van der Waals surface area contributed by atoms with Gasteiger partial charge in [-0.15, -0.1) is 0 Å². The summed E-state index contributed by atoms with van der Waals surface area (Å²) in [4.78, 5) is 12.1. The highest BCUT2D eigenvalue weighted by atomic mass is 32.1. The lowest BCUT2D eigenvalue weighted by Crippen LogP contribution is -2.22. The van der Waals surface area contributed by atoms with Gasteiger partial charge < -0.3 is 20.1 Å². The van der Waals surface area contributed by atoms with Crippen LogP contribution < -0.4 is 15.4 Å². The van der Waals surface area contributed by atoms with Crippen molar-refractivity contribution in [2.75, 3.05) is 24.4 Å². The molecule has 1 heterocycles. The lowest BCUT2D eigenvalue weighted by molar-refractivity contribution is 0.0526. The molecule has 0 bridgehead atoms. The third-order valence-electron chi connectivity index (χ3n) is 3.29. The molecule has 128 valence electrons. The summed E-state index contributed by atoms with van der Waals surface area (Å²) in [6.07, 6.45) is 0. The number of carbonyl (C=O) groups is 1. The Labute approximate surface area is 145 Å². The molecule has 24 heavy (non-hydrogen) atoms. The number of aromatic nitrogens is 2. The number of thiocarbonyl (C=S) groups is 1. The summed E-state index contributed by atoms with van der Waals surface area (Å²) >= 11 is 5.33. The molecule has 1 aromatic heterocycles. The third-order valence-corrected chi connectivity index (χ3v) is 3.49. The topological polar surface area (TPSA) is 77.4 Å². The zero-order chi connectivity index (χ0) is 17.7. The number of anilines is 2. The molecule has 2 rings (SSSR count). The molecule has 0 aliphatic carbocycles. The van der Waals surface area contributed by atoms with Crippen molar-refractivity contribution < 1.29 is 14.3 Å². The van der Waals surface area contributed by atoms with Crippen LogP contribution in [0.25, 0.3) is 0 Å². The maximum Gasteiger partial charge on any atom is 0.343 e. The Bertz CT molecular complexity index is 758. The number of nitrogens with zero attached hydrogens (tertiary/aromatic N) is 2. The molecule has 0 aliphatic rings. The highest BCUT2D eigenvalue weighted by Gasteiger charge is 2.22.